The van der Waals surface area contributed by atoms with Crippen LogP contribution in [-0.2, 0) is 16.6 Å². The number of nitrogens with zero attached hydrogens (tertiary/aromatic N) is 4. The topological polar surface area (TPSA) is 96.6 Å². The molecular formula is C23H28N4O4S2. The summed E-state index contributed by atoms with van der Waals surface area (Å²) in [6.45, 7) is 7.15. The number of likely N-dealkylation sites (tertiary alicyclic amines) is 1. The lowest BCUT2D eigenvalue weighted by Crippen LogP contribution is -2.36. The van der Waals surface area contributed by atoms with E-state index in [4.69, 9.17) is 4.52 Å². The Balaban J connectivity index is 1.64. The number of aromatic nitrogens is 2. The van der Waals surface area contributed by atoms with Gasteiger partial charge in [0.15, 0.2) is 0 Å². The molecule has 0 bridgehead atoms. The van der Waals surface area contributed by atoms with Crippen molar-refractivity contribution in [2.24, 2.45) is 0 Å². The van der Waals surface area contributed by atoms with Crippen molar-refractivity contribution in [3.05, 3.63) is 52.0 Å². The molecule has 0 N–H and O–H groups in total. The Hall–Kier alpha value is -2.56. The molecule has 33 heavy (non-hydrogen) atoms. The summed E-state index contributed by atoms with van der Waals surface area (Å²) in [4.78, 5) is 19.8. The van der Waals surface area contributed by atoms with Crippen LogP contribution in [0.3, 0.4) is 0 Å². The lowest BCUT2D eigenvalue weighted by atomic mass is 10.1. The molecule has 0 saturated carbocycles. The minimum atomic E-state index is -3.79. The number of carbonyl (C=O) groups excluding carboxylic acids is 1. The summed E-state index contributed by atoms with van der Waals surface area (Å²) < 4.78 is 34.0. The molecular weight excluding hydrogens is 460 g/mol. The molecule has 0 unspecified atom stereocenters. The molecule has 1 aliphatic rings. The Labute approximate surface area is 198 Å². The number of piperidine rings is 1. The average molecular weight is 489 g/mol. The van der Waals surface area contributed by atoms with Crippen LogP contribution in [0.15, 0.2) is 45.1 Å². The zero-order valence-corrected chi connectivity index (χ0v) is 20.7. The fraction of sp³-hybridized carbons (Fsp3) is 0.435. The molecule has 176 valence electrons. The molecule has 2 aromatic heterocycles. The third kappa shape index (κ3) is 5.02. The van der Waals surface area contributed by atoms with Crippen LogP contribution in [0.1, 0.15) is 54.2 Å². The average Bonchev–Trinajstić information content (AvgIpc) is 3.50. The normalized spacial score (nSPS) is 14.9. The third-order valence-corrected chi connectivity index (χ3v) is 8.78. The Morgan fingerprint density at radius 3 is 2.64 bits per heavy atom. The molecule has 1 aromatic carbocycles. The van der Waals surface area contributed by atoms with E-state index in [0.717, 1.165) is 24.1 Å². The molecule has 1 amide bonds. The number of aryl methyl sites for hydroxylation is 1. The van der Waals surface area contributed by atoms with Gasteiger partial charge in [0.1, 0.15) is 0 Å². The lowest BCUT2D eigenvalue weighted by Gasteiger charge is -2.26. The molecule has 3 aromatic rings. The van der Waals surface area contributed by atoms with Crippen molar-refractivity contribution in [1.82, 2.24) is 19.3 Å². The van der Waals surface area contributed by atoms with Gasteiger partial charge < -0.3 is 9.42 Å². The van der Waals surface area contributed by atoms with E-state index in [1.807, 2.05) is 31.4 Å². The number of carbonyl (C=O) groups is 1. The van der Waals surface area contributed by atoms with Crippen LogP contribution in [0.2, 0.25) is 0 Å². The van der Waals surface area contributed by atoms with Crippen molar-refractivity contribution in [1.29, 1.82) is 0 Å². The molecule has 1 saturated heterocycles. The van der Waals surface area contributed by atoms with E-state index in [9.17, 15) is 13.2 Å². The fourth-order valence-electron chi connectivity index (χ4n) is 3.90. The summed E-state index contributed by atoms with van der Waals surface area (Å²) >= 11 is 1.53. The predicted molar refractivity (Wildman–Crippen MR) is 126 cm³/mol. The summed E-state index contributed by atoms with van der Waals surface area (Å²) in [5.74, 6) is -0.158. The van der Waals surface area contributed by atoms with Crippen molar-refractivity contribution in [3.8, 4) is 11.4 Å². The molecule has 4 rings (SSSR count). The monoisotopic (exact) mass is 488 g/mol. The third-order valence-electron chi connectivity index (χ3n) is 5.75. The van der Waals surface area contributed by atoms with E-state index < -0.39 is 10.0 Å². The van der Waals surface area contributed by atoms with Gasteiger partial charge >= 0.3 is 11.8 Å². The molecule has 1 aliphatic heterocycles. The first-order valence-electron chi connectivity index (χ1n) is 11.1. The highest BCUT2D eigenvalue weighted by Gasteiger charge is 2.30. The molecule has 0 radical (unpaired) electrons. The minimum absolute atomic E-state index is 0.0709. The number of amides is 1. The standard InChI is InChI=1S/C23H28N4O4S2/c1-16(2)27(15-19-8-7-13-32-19)33(29,30)20-14-18(10-9-17(20)3)21-24-22(31-25-21)23(28)26-11-5-4-6-12-26/h7-10,13-14,16H,4-6,11-12,15H2,1-3H3. The SMILES string of the molecule is Cc1ccc(-c2noc(C(=O)N3CCCCC3)n2)cc1S(=O)(=O)N(Cc1cccs1)C(C)C. The molecule has 0 aliphatic carbocycles. The highest BCUT2D eigenvalue weighted by molar-refractivity contribution is 7.89. The van der Waals surface area contributed by atoms with Crippen molar-refractivity contribution >= 4 is 27.3 Å². The maximum Gasteiger partial charge on any atom is 0.316 e. The molecule has 1 fully saturated rings. The van der Waals surface area contributed by atoms with E-state index in [1.165, 1.54) is 15.6 Å². The van der Waals surface area contributed by atoms with E-state index in [0.29, 0.717) is 30.8 Å². The maximum absolute atomic E-state index is 13.6. The van der Waals surface area contributed by atoms with Gasteiger partial charge in [-0.05, 0) is 63.1 Å². The molecule has 8 nitrogen and oxygen atoms in total. The van der Waals surface area contributed by atoms with Gasteiger partial charge in [0.25, 0.3) is 0 Å². The summed E-state index contributed by atoms with van der Waals surface area (Å²) in [6.07, 6.45) is 3.03. The largest absolute Gasteiger partial charge is 0.334 e. The lowest BCUT2D eigenvalue weighted by molar-refractivity contribution is 0.0674. The second-order valence-corrected chi connectivity index (χ2v) is 11.4. The molecule has 0 spiro atoms. The van der Waals surface area contributed by atoms with Crippen LogP contribution in [-0.4, -0.2) is 52.8 Å². The highest BCUT2D eigenvalue weighted by atomic mass is 32.2. The van der Waals surface area contributed by atoms with Crippen molar-refractivity contribution < 1.29 is 17.7 Å². The van der Waals surface area contributed by atoms with Crippen LogP contribution in [0, 0.1) is 6.92 Å². The van der Waals surface area contributed by atoms with Crippen molar-refractivity contribution in [2.75, 3.05) is 13.1 Å². The first-order valence-corrected chi connectivity index (χ1v) is 13.4. The minimum Gasteiger partial charge on any atom is -0.334 e. The summed E-state index contributed by atoms with van der Waals surface area (Å²) in [7, 11) is -3.79. The van der Waals surface area contributed by atoms with Gasteiger partial charge in [0, 0.05) is 36.1 Å². The first kappa shape index (κ1) is 23.6. The van der Waals surface area contributed by atoms with Crippen LogP contribution in [0.4, 0.5) is 0 Å². The highest BCUT2D eigenvalue weighted by Crippen LogP contribution is 2.29. The van der Waals surface area contributed by atoms with E-state index in [-0.39, 0.29) is 28.6 Å². The first-order chi connectivity index (χ1) is 15.8. The van der Waals surface area contributed by atoms with Crippen molar-refractivity contribution in [3.63, 3.8) is 0 Å². The summed E-state index contributed by atoms with van der Waals surface area (Å²) in [5.41, 5.74) is 1.11. The van der Waals surface area contributed by atoms with E-state index in [2.05, 4.69) is 10.1 Å². The second-order valence-electron chi connectivity index (χ2n) is 8.48. The van der Waals surface area contributed by atoms with Gasteiger partial charge in [-0.1, -0.05) is 23.4 Å². The Morgan fingerprint density at radius 2 is 1.97 bits per heavy atom. The predicted octanol–water partition coefficient (Wildman–Crippen LogP) is 4.33. The number of hydrogen-bond acceptors (Lipinski definition) is 7. The van der Waals surface area contributed by atoms with E-state index in [1.54, 1.807) is 30.0 Å². The van der Waals surface area contributed by atoms with Crippen molar-refractivity contribution in [2.45, 2.75) is 57.5 Å². The maximum atomic E-state index is 13.6. The Bertz CT molecular complexity index is 1210. The number of hydrogen-bond donors (Lipinski definition) is 0. The van der Waals surface area contributed by atoms with Gasteiger partial charge in [-0.25, -0.2) is 8.42 Å². The van der Waals surface area contributed by atoms with Gasteiger partial charge in [-0.3, -0.25) is 4.79 Å². The van der Waals surface area contributed by atoms with Gasteiger partial charge in [0.2, 0.25) is 15.8 Å². The van der Waals surface area contributed by atoms with Crippen LogP contribution in [0.5, 0.6) is 0 Å². The fourth-order valence-corrected chi connectivity index (χ4v) is 6.56. The van der Waals surface area contributed by atoms with Gasteiger partial charge in [-0.2, -0.15) is 9.29 Å². The van der Waals surface area contributed by atoms with Gasteiger partial charge in [-0.15, -0.1) is 11.3 Å². The number of rotatable bonds is 7. The number of thiophene rings is 1. The van der Waals surface area contributed by atoms with Gasteiger partial charge in [0.05, 0.1) is 4.90 Å². The quantitative estimate of drug-likeness (QED) is 0.491. The van der Waals surface area contributed by atoms with Crippen LogP contribution >= 0.6 is 11.3 Å². The second kappa shape index (κ2) is 9.74. The zero-order valence-electron chi connectivity index (χ0n) is 19.0. The number of benzene rings is 1. The Morgan fingerprint density at radius 1 is 1.21 bits per heavy atom. The molecule has 0 atom stereocenters. The smallest absolute Gasteiger partial charge is 0.316 e. The summed E-state index contributed by atoms with van der Waals surface area (Å²) in [6, 6.07) is 8.66. The molecule has 3 heterocycles. The van der Waals surface area contributed by atoms with Crippen LogP contribution in [0.25, 0.3) is 11.4 Å². The molecule has 10 heteroatoms. The Kier molecular flexibility index (Phi) is 6.96. The number of sulfonamides is 1. The van der Waals surface area contributed by atoms with E-state index >= 15 is 0 Å². The zero-order chi connectivity index (χ0) is 23.6. The summed E-state index contributed by atoms with van der Waals surface area (Å²) in [5, 5.41) is 5.89. The van der Waals surface area contributed by atoms with Crippen LogP contribution < -0.4 is 0 Å².